The van der Waals surface area contributed by atoms with Gasteiger partial charge in [0.2, 0.25) is 0 Å². The van der Waals surface area contributed by atoms with Gasteiger partial charge in [0.25, 0.3) is 11.5 Å². The topological polar surface area (TPSA) is 62.0 Å². The summed E-state index contributed by atoms with van der Waals surface area (Å²) in [7, 11) is 0. The number of carbonyl (C=O) groups is 1. The second-order valence-electron chi connectivity index (χ2n) is 7.27. The van der Waals surface area contributed by atoms with Gasteiger partial charge in [0.15, 0.2) is 0 Å². The molecule has 0 atom stereocenters. The molecule has 3 aromatic rings. The Morgan fingerprint density at radius 3 is 2.10 bits per heavy atom. The highest BCUT2D eigenvalue weighted by molar-refractivity contribution is 6.05. The lowest BCUT2D eigenvalue weighted by molar-refractivity contribution is -0.143. The first kappa shape index (κ1) is 21.0. The molecule has 31 heavy (non-hydrogen) atoms. The van der Waals surface area contributed by atoms with Gasteiger partial charge in [0, 0.05) is 22.2 Å². The van der Waals surface area contributed by atoms with Crippen molar-refractivity contribution < 1.29 is 31.1 Å². The molecule has 1 aliphatic carbocycles. The van der Waals surface area contributed by atoms with Gasteiger partial charge in [-0.05, 0) is 55.2 Å². The maximum atomic E-state index is 13.0. The number of alkyl halides is 6. The summed E-state index contributed by atoms with van der Waals surface area (Å²) in [4.78, 5) is 27.3. The van der Waals surface area contributed by atoms with Crippen molar-refractivity contribution in [3.8, 4) is 0 Å². The number of amides is 1. The Balaban J connectivity index is 1.70. The van der Waals surface area contributed by atoms with Gasteiger partial charge in [-0.3, -0.25) is 9.59 Å². The Hall–Kier alpha value is -3.30. The van der Waals surface area contributed by atoms with Crippen molar-refractivity contribution in [1.82, 2.24) is 4.98 Å². The van der Waals surface area contributed by atoms with Gasteiger partial charge in [0.05, 0.1) is 16.6 Å². The predicted molar refractivity (Wildman–Crippen MR) is 101 cm³/mol. The van der Waals surface area contributed by atoms with E-state index in [9.17, 15) is 35.9 Å². The summed E-state index contributed by atoms with van der Waals surface area (Å²) < 4.78 is 78.1. The zero-order valence-corrected chi connectivity index (χ0v) is 15.7. The summed E-state index contributed by atoms with van der Waals surface area (Å²) >= 11 is 0. The Morgan fingerprint density at radius 1 is 0.871 bits per heavy atom. The quantitative estimate of drug-likeness (QED) is 0.531. The van der Waals surface area contributed by atoms with E-state index in [0.717, 1.165) is 23.8 Å². The zero-order valence-electron chi connectivity index (χ0n) is 15.7. The number of pyridine rings is 1. The SMILES string of the molecule is O=C(Nc1ccc2c3c(c(=O)[nH]c2c1)CCC3)c1cc(C(F)(F)F)cc(C(F)(F)F)c1. The Labute approximate surface area is 170 Å². The highest BCUT2D eigenvalue weighted by atomic mass is 19.4. The summed E-state index contributed by atoms with van der Waals surface area (Å²) in [5.74, 6) is -1.14. The third-order valence-electron chi connectivity index (χ3n) is 5.19. The lowest BCUT2D eigenvalue weighted by atomic mass is 10.0. The van der Waals surface area contributed by atoms with Crippen LogP contribution in [-0.2, 0) is 25.2 Å². The molecule has 0 aliphatic heterocycles. The first-order valence-electron chi connectivity index (χ1n) is 9.22. The number of benzene rings is 2. The molecule has 10 heteroatoms. The van der Waals surface area contributed by atoms with Crippen molar-refractivity contribution in [2.24, 2.45) is 0 Å². The molecular formula is C21H14F6N2O2. The van der Waals surface area contributed by atoms with Gasteiger partial charge in [-0.2, -0.15) is 26.3 Å². The third kappa shape index (κ3) is 4.01. The number of rotatable bonds is 2. The van der Waals surface area contributed by atoms with Crippen molar-refractivity contribution in [2.75, 3.05) is 5.32 Å². The van der Waals surface area contributed by atoms with E-state index in [1.807, 2.05) is 0 Å². The second-order valence-corrected chi connectivity index (χ2v) is 7.27. The molecule has 162 valence electrons. The number of carbonyl (C=O) groups excluding carboxylic acids is 1. The van der Waals surface area contributed by atoms with Crippen LogP contribution < -0.4 is 10.9 Å². The molecule has 0 spiro atoms. The lowest BCUT2D eigenvalue weighted by Gasteiger charge is -2.14. The number of anilines is 1. The van der Waals surface area contributed by atoms with E-state index in [4.69, 9.17) is 0 Å². The number of halogens is 6. The minimum atomic E-state index is -5.06. The molecule has 2 aromatic carbocycles. The molecule has 0 saturated heterocycles. The smallest absolute Gasteiger partial charge is 0.322 e. The molecule has 1 heterocycles. The highest BCUT2D eigenvalue weighted by Crippen LogP contribution is 2.36. The maximum absolute atomic E-state index is 13.0. The van der Waals surface area contributed by atoms with Gasteiger partial charge < -0.3 is 10.3 Å². The Morgan fingerprint density at radius 2 is 1.48 bits per heavy atom. The number of H-pyrrole nitrogens is 1. The molecule has 1 amide bonds. The number of aromatic amines is 1. The minimum absolute atomic E-state index is 0.0435. The minimum Gasteiger partial charge on any atom is -0.322 e. The van der Waals surface area contributed by atoms with Crippen LogP contribution in [0.15, 0.2) is 41.2 Å². The number of hydrogen-bond donors (Lipinski definition) is 2. The number of aromatic nitrogens is 1. The van der Waals surface area contributed by atoms with Gasteiger partial charge >= 0.3 is 12.4 Å². The van der Waals surface area contributed by atoms with E-state index in [2.05, 4.69) is 10.3 Å². The van der Waals surface area contributed by atoms with E-state index in [1.165, 1.54) is 12.1 Å². The first-order chi connectivity index (χ1) is 14.4. The van der Waals surface area contributed by atoms with Crippen LogP contribution in [0.1, 0.15) is 39.0 Å². The van der Waals surface area contributed by atoms with E-state index in [1.54, 1.807) is 6.07 Å². The van der Waals surface area contributed by atoms with Gasteiger partial charge in [0.1, 0.15) is 0 Å². The summed E-state index contributed by atoms with van der Waals surface area (Å²) in [6.07, 6.45) is -7.88. The van der Waals surface area contributed by atoms with Crippen molar-refractivity contribution >= 4 is 22.5 Å². The van der Waals surface area contributed by atoms with Crippen molar-refractivity contribution in [3.63, 3.8) is 0 Å². The number of nitrogens with one attached hydrogen (secondary N) is 2. The summed E-state index contributed by atoms with van der Waals surface area (Å²) in [5, 5.41) is 3.08. The largest absolute Gasteiger partial charge is 0.416 e. The Kier molecular flexibility index (Phi) is 4.83. The van der Waals surface area contributed by atoms with Crippen LogP contribution >= 0.6 is 0 Å². The molecule has 4 rings (SSSR count). The van der Waals surface area contributed by atoms with Crippen molar-refractivity contribution in [3.05, 3.63) is 74.6 Å². The van der Waals surface area contributed by atoms with Crippen LogP contribution in [0.25, 0.3) is 10.9 Å². The monoisotopic (exact) mass is 440 g/mol. The standard InChI is InChI=1S/C21H14F6N2O2/c22-20(23,24)11-6-10(7-12(8-11)21(25,26)27)18(30)28-13-4-5-15-14-2-1-3-16(14)19(31)29-17(15)9-13/h4-9H,1-3H2,(H,28,30)(H,29,31). The second kappa shape index (κ2) is 7.14. The fraction of sp³-hybridized carbons (Fsp3) is 0.238. The maximum Gasteiger partial charge on any atom is 0.416 e. The fourth-order valence-electron chi connectivity index (χ4n) is 3.77. The van der Waals surface area contributed by atoms with Crippen LogP contribution in [0.5, 0.6) is 0 Å². The van der Waals surface area contributed by atoms with Crippen molar-refractivity contribution in [1.29, 1.82) is 0 Å². The lowest BCUT2D eigenvalue weighted by Crippen LogP contribution is -2.17. The van der Waals surface area contributed by atoms with Crippen LogP contribution in [-0.4, -0.2) is 10.9 Å². The van der Waals surface area contributed by atoms with Crippen LogP contribution in [0.2, 0.25) is 0 Å². The third-order valence-corrected chi connectivity index (χ3v) is 5.19. The van der Waals surface area contributed by atoms with E-state index in [0.29, 0.717) is 29.6 Å². The van der Waals surface area contributed by atoms with E-state index < -0.39 is 35.0 Å². The predicted octanol–water partition coefficient (Wildman–Crippen LogP) is 5.31. The molecule has 0 saturated carbocycles. The number of fused-ring (bicyclic) bond motifs is 3. The molecule has 1 aromatic heterocycles. The van der Waals surface area contributed by atoms with Crippen LogP contribution in [0.4, 0.5) is 32.0 Å². The molecular weight excluding hydrogens is 426 g/mol. The number of aryl methyl sites for hydroxylation is 1. The summed E-state index contributed by atoms with van der Waals surface area (Å²) in [6, 6.07) is 5.23. The van der Waals surface area contributed by atoms with Crippen molar-refractivity contribution in [2.45, 2.75) is 31.6 Å². The normalized spacial score (nSPS) is 14.0. The molecule has 0 unspecified atom stereocenters. The van der Waals surface area contributed by atoms with E-state index in [-0.39, 0.29) is 17.3 Å². The molecule has 1 aliphatic rings. The van der Waals surface area contributed by atoms with Crippen LogP contribution in [0, 0.1) is 0 Å². The van der Waals surface area contributed by atoms with E-state index >= 15 is 0 Å². The zero-order chi connectivity index (χ0) is 22.6. The Bertz CT molecular complexity index is 1230. The van der Waals surface area contributed by atoms with Gasteiger partial charge in [-0.15, -0.1) is 0 Å². The first-order valence-corrected chi connectivity index (χ1v) is 9.22. The molecule has 0 fully saturated rings. The molecule has 4 nitrogen and oxygen atoms in total. The van der Waals surface area contributed by atoms with Gasteiger partial charge in [-0.25, -0.2) is 0 Å². The molecule has 0 bridgehead atoms. The average Bonchev–Trinajstić information content (AvgIpc) is 3.17. The molecule has 0 radical (unpaired) electrons. The average molecular weight is 440 g/mol. The summed E-state index contributed by atoms with van der Waals surface area (Å²) in [6.45, 7) is 0. The summed E-state index contributed by atoms with van der Waals surface area (Å²) in [5.41, 5.74) is -2.05. The number of hydrogen-bond acceptors (Lipinski definition) is 2. The van der Waals surface area contributed by atoms with Crippen LogP contribution in [0.3, 0.4) is 0 Å². The van der Waals surface area contributed by atoms with Gasteiger partial charge in [-0.1, -0.05) is 6.07 Å². The highest BCUT2D eigenvalue weighted by Gasteiger charge is 2.37. The fourth-order valence-corrected chi connectivity index (χ4v) is 3.77. The molecule has 2 N–H and O–H groups in total.